The molecule has 108 valence electrons. The van der Waals surface area contributed by atoms with Crippen molar-refractivity contribution in [3.8, 4) is 6.07 Å². The Bertz CT molecular complexity index is 697. The van der Waals surface area contributed by atoms with E-state index in [9.17, 15) is 4.79 Å². The van der Waals surface area contributed by atoms with Gasteiger partial charge < -0.3 is 15.2 Å². The number of carbonyl (C=O) groups is 1. The van der Waals surface area contributed by atoms with Crippen LogP contribution in [0.25, 0.3) is 0 Å². The first-order chi connectivity index (χ1) is 10.1. The number of nitrogens with two attached hydrogens (primary N) is 1. The summed E-state index contributed by atoms with van der Waals surface area (Å²) in [6.07, 6.45) is 2.69. The molecule has 2 aromatic rings. The van der Waals surface area contributed by atoms with Crippen LogP contribution in [0.2, 0.25) is 0 Å². The number of nitriles is 1. The molecule has 0 fully saturated rings. The zero-order valence-electron chi connectivity index (χ0n) is 12.2. The molecule has 0 unspecified atom stereocenters. The summed E-state index contributed by atoms with van der Waals surface area (Å²) < 4.78 is 1.86. The summed E-state index contributed by atoms with van der Waals surface area (Å²) >= 11 is 0. The maximum Gasteiger partial charge on any atom is 0.274 e. The lowest BCUT2D eigenvalue weighted by atomic mass is 10.2. The van der Waals surface area contributed by atoms with Gasteiger partial charge in [0.15, 0.2) is 0 Å². The first kappa shape index (κ1) is 14.7. The Morgan fingerprint density at radius 2 is 2.19 bits per heavy atom. The lowest BCUT2D eigenvalue weighted by molar-refractivity contribution is 0.0984. The second-order valence-corrected chi connectivity index (χ2v) is 4.88. The van der Waals surface area contributed by atoms with E-state index in [1.807, 2.05) is 11.5 Å². The van der Waals surface area contributed by atoms with Crippen LogP contribution < -0.4 is 10.6 Å². The molecular weight excluding hydrogens is 264 g/mol. The van der Waals surface area contributed by atoms with E-state index in [1.165, 1.54) is 4.90 Å². The van der Waals surface area contributed by atoms with Crippen LogP contribution >= 0.6 is 0 Å². The third-order valence-electron chi connectivity index (χ3n) is 3.27. The number of anilines is 2. The van der Waals surface area contributed by atoms with Crippen LogP contribution in [0.5, 0.6) is 0 Å². The predicted octanol–water partition coefficient (Wildman–Crippen LogP) is 2.63. The Morgan fingerprint density at radius 3 is 2.86 bits per heavy atom. The minimum Gasteiger partial charge on any atom is -0.397 e. The van der Waals surface area contributed by atoms with Crippen LogP contribution in [-0.4, -0.2) is 17.5 Å². The van der Waals surface area contributed by atoms with Gasteiger partial charge >= 0.3 is 0 Å². The topological polar surface area (TPSA) is 75.0 Å². The van der Waals surface area contributed by atoms with Crippen molar-refractivity contribution in [2.45, 2.75) is 19.9 Å². The molecule has 5 nitrogen and oxygen atoms in total. The normalized spacial score (nSPS) is 10.1. The molecule has 1 aromatic heterocycles. The van der Waals surface area contributed by atoms with Gasteiger partial charge in [0.2, 0.25) is 0 Å². The Balaban J connectivity index is 2.33. The van der Waals surface area contributed by atoms with Gasteiger partial charge in [-0.05, 0) is 30.7 Å². The molecule has 2 rings (SSSR count). The summed E-state index contributed by atoms with van der Waals surface area (Å²) in [6.45, 7) is 2.79. The molecule has 5 heteroatoms. The van der Waals surface area contributed by atoms with Crippen molar-refractivity contribution < 1.29 is 4.79 Å². The van der Waals surface area contributed by atoms with Crippen LogP contribution in [0.3, 0.4) is 0 Å². The van der Waals surface area contributed by atoms with Gasteiger partial charge in [0.05, 0.1) is 17.3 Å². The maximum atomic E-state index is 12.6. The summed E-state index contributed by atoms with van der Waals surface area (Å²) in [4.78, 5) is 14.1. The van der Waals surface area contributed by atoms with Gasteiger partial charge in [0, 0.05) is 25.5 Å². The molecule has 1 amide bonds. The van der Waals surface area contributed by atoms with Gasteiger partial charge in [-0.2, -0.15) is 5.26 Å². The Hall–Kier alpha value is -2.74. The summed E-state index contributed by atoms with van der Waals surface area (Å²) in [5.74, 6) is -0.143. The minimum absolute atomic E-state index is 0.143. The van der Waals surface area contributed by atoms with E-state index in [4.69, 9.17) is 11.0 Å². The number of benzene rings is 1. The van der Waals surface area contributed by atoms with Crippen molar-refractivity contribution in [2.75, 3.05) is 17.7 Å². The Morgan fingerprint density at radius 1 is 1.43 bits per heavy atom. The van der Waals surface area contributed by atoms with E-state index >= 15 is 0 Å². The fourth-order valence-corrected chi connectivity index (χ4v) is 2.21. The average molecular weight is 282 g/mol. The monoisotopic (exact) mass is 282 g/mol. The van der Waals surface area contributed by atoms with Gasteiger partial charge in [0.25, 0.3) is 5.91 Å². The zero-order chi connectivity index (χ0) is 15.4. The molecule has 21 heavy (non-hydrogen) atoms. The maximum absolute atomic E-state index is 12.6. The molecule has 0 saturated heterocycles. The number of aryl methyl sites for hydroxylation is 1. The summed E-state index contributed by atoms with van der Waals surface area (Å²) in [5.41, 5.74) is 8.13. The van der Waals surface area contributed by atoms with Crippen molar-refractivity contribution in [2.24, 2.45) is 0 Å². The van der Waals surface area contributed by atoms with Gasteiger partial charge in [0.1, 0.15) is 5.69 Å². The number of nitrogen functional groups attached to an aromatic ring is 1. The average Bonchev–Trinajstić information content (AvgIpc) is 2.87. The van der Waals surface area contributed by atoms with Gasteiger partial charge in [-0.25, -0.2) is 0 Å². The molecule has 0 aliphatic rings. The van der Waals surface area contributed by atoms with Gasteiger partial charge in [-0.15, -0.1) is 0 Å². The van der Waals surface area contributed by atoms with E-state index in [-0.39, 0.29) is 5.91 Å². The van der Waals surface area contributed by atoms with E-state index < -0.39 is 0 Å². The first-order valence-electron chi connectivity index (χ1n) is 6.80. The molecule has 0 aliphatic carbocycles. The highest BCUT2D eigenvalue weighted by Crippen LogP contribution is 2.19. The van der Waals surface area contributed by atoms with Gasteiger partial charge in [-0.1, -0.05) is 13.0 Å². The van der Waals surface area contributed by atoms with Crippen molar-refractivity contribution >= 4 is 17.3 Å². The van der Waals surface area contributed by atoms with E-state index in [2.05, 4.69) is 6.07 Å². The predicted molar refractivity (Wildman–Crippen MR) is 83.0 cm³/mol. The second-order valence-electron chi connectivity index (χ2n) is 4.88. The number of hydrogen-bond donors (Lipinski definition) is 1. The van der Waals surface area contributed by atoms with Crippen molar-refractivity contribution in [3.63, 3.8) is 0 Å². The largest absolute Gasteiger partial charge is 0.397 e. The molecule has 2 N–H and O–H groups in total. The smallest absolute Gasteiger partial charge is 0.274 e. The third kappa shape index (κ3) is 3.06. The lowest BCUT2D eigenvalue weighted by Crippen LogP contribution is -2.28. The number of carbonyl (C=O) groups excluding carboxylic acids is 1. The van der Waals surface area contributed by atoms with Crippen molar-refractivity contribution in [3.05, 3.63) is 47.8 Å². The minimum atomic E-state index is -0.143. The molecule has 0 spiro atoms. The number of hydrogen-bond acceptors (Lipinski definition) is 3. The molecule has 1 heterocycles. The SMILES string of the molecule is CCCn1cc(N)cc1C(=O)N(C)c1cccc(C#N)c1. The molecular formula is C16H18N4O. The number of rotatable bonds is 4. The third-order valence-corrected chi connectivity index (χ3v) is 3.27. The van der Waals surface area contributed by atoms with Crippen LogP contribution in [0, 0.1) is 11.3 Å². The fourth-order valence-electron chi connectivity index (χ4n) is 2.21. The van der Waals surface area contributed by atoms with E-state index in [1.54, 1.807) is 43.6 Å². The molecule has 0 aliphatic heterocycles. The standard InChI is InChI=1S/C16H18N4O/c1-3-7-20-11-13(18)9-15(20)16(21)19(2)14-6-4-5-12(8-14)10-17/h4-6,8-9,11H,3,7,18H2,1-2H3. The molecule has 1 aromatic carbocycles. The second kappa shape index (κ2) is 6.14. The van der Waals surface area contributed by atoms with Crippen molar-refractivity contribution in [1.29, 1.82) is 5.26 Å². The van der Waals surface area contributed by atoms with Crippen molar-refractivity contribution in [1.82, 2.24) is 4.57 Å². The summed E-state index contributed by atoms with van der Waals surface area (Å²) in [7, 11) is 1.69. The summed E-state index contributed by atoms with van der Waals surface area (Å²) in [5, 5.41) is 8.94. The quantitative estimate of drug-likeness (QED) is 0.936. The van der Waals surface area contributed by atoms with Crippen LogP contribution in [-0.2, 0) is 6.54 Å². The van der Waals surface area contributed by atoms with E-state index in [0.29, 0.717) is 22.6 Å². The lowest BCUT2D eigenvalue weighted by Gasteiger charge is -2.18. The van der Waals surface area contributed by atoms with Crippen LogP contribution in [0.4, 0.5) is 11.4 Å². The Kier molecular flexibility index (Phi) is 4.29. The molecule has 0 atom stereocenters. The van der Waals surface area contributed by atoms with Crippen LogP contribution in [0.15, 0.2) is 36.5 Å². The fraction of sp³-hybridized carbons (Fsp3) is 0.250. The highest BCUT2D eigenvalue weighted by Gasteiger charge is 2.18. The number of aromatic nitrogens is 1. The first-order valence-corrected chi connectivity index (χ1v) is 6.80. The van der Waals surface area contributed by atoms with Crippen LogP contribution in [0.1, 0.15) is 29.4 Å². The molecule has 0 saturated carbocycles. The Labute approximate surface area is 124 Å². The number of amides is 1. The van der Waals surface area contributed by atoms with E-state index in [0.717, 1.165) is 13.0 Å². The highest BCUT2D eigenvalue weighted by molar-refractivity contribution is 6.05. The summed E-state index contributed by atoms with van der Waals surface area (Å²) in [6, 6.07) is 10.7. The van der Waals surface area contributed by atoms with Gasteiger partial charge in [-0.3, -0.25) is 4.79 Å². The molecule has 0 bridgehead atoms. The number of nitrogens with zero attached hydrogens (tertiary/aromatic N) is 3. The zero-order valence-corrected chi connectivity index (χ0v) is 12.2. The molecule has 0 radical (unpaired) electrons. The highest BCUT2D eigenvalue weighted by atomic mass is 16.2.